The molecule has 2 heterocycles. The molecule has 2 aromatic carbocycles. The van der Waals surface area contributed by atoms with Crippen LogP contribution in [0, 0.1) is 0 Å². The molecule has 1 amide bonds. The minimum Gasteiger partial charge on any atom is -0.478 e. The maximum atomic E-state index is 13.3. The first kappa shape index (κ1) is 20.4. The molecular formula is C19H18N4O5S2. The van der Waals surface area contributed by atoms with E-state index in [1.165, 1.54) is 22.5 Å². The molecule has 9 nitrogen and oxygen atoms in total. The van der Waals surface area contributed by atoms with Crippen LogP contribution < -0.4 is 5.32 Å². The number of sulfonamides is 1. The van der Waals surface area contributed by atoms with Crippen LogP contribution in [-0.2, 0) is 21.4 Å². The van der Waals surface area contributed by atoms with Crippen LogP contribution in [0.4, 0.5) is 0 Å². The molecule has 0 spiro atoms. The molecule has 1 aliphatic heterocycles. The lowest BCUT2D eigenvalue weighted by Gasteiger charge is -2.23. The highest BCUT2D eigenvalue weighted by atomic mass is 32.2. The number of carbonyl (C=O) groups is 2. The number of carboxylic acid groups (broad SMARTS) is 1. The third kappa shape index (κ3) is 3.78. The molecule has 11 heteroatoms. The third-order valence-corrected chi connectivity index (χ3v) is 7.49. The summed E-state index contributed by atoms with van der Waals surface area (Å²) in [5.41, 5.74) is 1.70. The minimum absolute atomic E-state index is 0.0534. The molecule has 0 saturated carbocycles. The molecule has 156 valence electrons. The lowest BCUT2D eigenvalue weighted by molar-refractivity contribution is -0.124. The van der Waals surface area contributed by atoms with E-state index in [9.17, 15) is 18.0 Å². The van der Waals surface area contributed by atoms with E-state index in [-0.39, 0.29) is 29.5 Å². The van der Waals surface area contributed by atoms with Crippen molar-refractivity contribution in [1.29, 1.82) is 0 Å². The van der Waals surface area contributed by atoms with E-state index in [1.807, 2.05) is 0 Å². The van der Waals surface area contributed by atoms with Crippen LogP contribution in [0.1, 0.15) is 28.8 Å². The largest absolute Gasteiger partial charge is 0.478 e. The number of carboxylic acids is 1. The highest BCUT2D eigenvalue weighted by molar-refractivity contribution is 7.89. The van der Waals surface area contributed by atoms with Crippen LogP contribution >= 0.6 is 11.7 Å². The van der Waals surface area contributed by atoms with Crippen LogP contribution in [0.3, 0.4) is 0 Å². The SMILES string of the molecule is O=C(O)c1ccc(CNC(=O)C2CCCN2S(=O)(=O)c2cccc3nsnc23)cc1. The van der Waals surface area contributed by atoms with Crippen molar-refractivity contribution in [2.45, 2.75) is 30.3 Å². The van der Waals surface area contributed by atoms with E-state index < -0.39 is 22.0 Å². The van der Waals surface area contributed by atoms with Gasteiger partial charge in [-0.15, -0.1) is 0 Å². The summed E-state index contributed by atoms with van der Waals surface area (Å²) in [7, 11) is -3.92. The van der Waals surface area contributed by atoms with Gasteiger partial charge in [0.05, 0.1) is 17.3 Å². The fourth-order valence-corrected chi connectivity index (χ4v) is 5.89. The maximum absolute atomic E-state index is 13.3. The number of amides is 1. The Bertz CT molecular complexity index is 1210. The number of benzene rings is 2. The topological polar surface area (TPSA) is 130 Å². The van der Waals surface area contributed by atoms with Gasteiger partial charge in [-0.2, -0.15) is 13.1 Å². The molecule has 4 rings (SSSR count). The second-order valence-electron chi connectivity index (χ2n) is 6.88. The first-order valence-electron chi connectivity index (χ1n) is 9.21. The molecule has 3 aromatic rings. The molecule has 0 radical (unpaired) electrons. The smallest absolute Gasteiger partial charge is 0.335 e. The maximum Gasteiger partial charge on any atom is 0.335 e. The van der Waals surface area contributed by atoms with Gasteiger partial charge in [0.25, 0.3) is 0 Å². The zero-order valence-corrected chi connectivity index (χ0v) is 17.3. The predicted molar refractivity (Wildman–Crippen MR) is 110 cm³/mol. The average Bonchev–Trinajstić information content (AvgIpc) is 3.41. The van der Waals surface area contributed by atoms with Gasteiger partial charge in [-0.3, -0.25) is 4.79 Å². The third-order valence-electron chi connectivity index (χ3n) is 5.01. The highest BCUT2D eigenvalue weighted by Crippen LogP contribution is 2.30. The van der Waals surface area contributed by atoms with E-state index in [0.717, 1.165) is 17.3 Å². The van der Waals surface area contributed by atoms with Crippen LogP contribution in [0.15, 0.2) is 47.4 Å². The summed E-state index contributed by atoms with van der Waals surface area (Å²) in [5.74, 6) is -1.41. The Morgan fingerprint density at radius 1 is 1.17 bits per heavy atom. The molecule has 1 saturated heterocycles. The Labute approximate surface area is 176 Å². The molecule has 1 aliphatic rings. The van der Waals surface area contributed by atoms with E-state index in [0.29, 0.717) is 23.9 Å². The number of nitrogens with zero attached hydrogens (tertiary/aromatic N) is 3. The molecule has 1 fully saturated rings. The summed E-state index contributed by atoms with van der Waals surface area (Å²) in [5, 5.41) is 11.7. The van der Waals surface area contributed by atoms with E-state index in [4.69, 9.17) is 5.11 Å². The highest BCUT2D eigenvalue weighted by Gasteiger charge is 2.40. The Kier molecular flexibility index (Phi) is 5.50. The summed E-state index contributed by atoms with van der Waals surface area (Å²) in [4.78, 5) is 23.7. The van der Waals surface area contributed by atoms with Gasteiger partial charge in [-0.25, -0.2) is 13.2 Å². The summed E-state index contributed by atoms with van der Waals surface area (Å²) < 4.78 is 35.9. The molecule has 1 atom stereocenters. The normalized spacial score (nSPS) is 17.3. The van der Waals surface area contributed by atoms with Gasteiger partial charge < -0.3 is 10.4 Å². The molecule has 30 heavy (non-hydrogen) atoms. The van der Waals surface area contributed by atoms with Gasteiger partial charge in [-0.1, -0.05) is 18.2 Å². The van der Waals surface area contributed by atoms with Crippen molar-refractivity contribution in [2.24, 2.45) is 0 Å². The standard InChI is InChI=1S/C19H18N4O5S2/c24-18(20-11-12-6-8-13(9-7-12)19(25)26)15-4-2-10-23(15)30(27,28)16-5-1-3-14-17(16)22-29-21-14/h1,3,5-9,15H,2,4,10-11H2,(H,20,24)(H,25,26). The summed E-state index contributed by atoms with van der Waals surface area (Å²) in [6.07, 6.45) is 1.00. The first-order chi connectivity index (χ1) is 14.4. The van der Waals surface area contributed by atoms with Crippen molar-refractivity contribution in [3.05, 3.63) is 53.6 Å². The number of rotatable bonds is 6. The quantitative estimate of drug-likeness (QED) is 0.591. The van der Waals surface area contributed by atoms with Gasteiger partial charge in [0.1, 0.15) is 22.0 Å². The van der Waals surface area contributed by atoms with E-state index >= 15 is 0 Å². The summed E-state index contributed by atoms with van der Waals surface area (Å²) in [6, 6.07) is 10.1. The van der Waals surface area contributed by atoms with Crippen molar-refractivity contribution in [2.75, 3.05) is 6.54 Å². The van der Waals surface area contributed by atoms with E-state index in [2.05, 4.69) is 14.1 Å². The Morgan fingerprint density at radius 2 is 1.93 bits per heavy atom. The monoisotopic (exact) mass is 446 g/mol. The van der Waals surface area contributed by atoms with Crippen molar-refractivity contribution in [1.82, 2.24) is 18.4 Å². The van der Waals surface area contributed by atoms with Crippen LogP contribution in [0.5, 0.6) is 0 Å². The second kappa shape index (κ2) is 8.09. The van der Waals surface area contributed by atoms with Gasteiger partial charge in [0.2, 0.25) is 15.9 Å². The lowest BCUT2D eigenvalue weighted by Crippen LogP contribution is -2.45. The molecular weight excluding hydrogens is 428 g/mol. The number of aromatic carboxylic acids is 1. The number of hydrogen-bond acceptors (Lipinski definition) is 7. The molecule has 1 aromatic heterocycles. The number of nitrogens with one attached hydrogen (secondary N) is 1. The first-order valence-corrected chi connectivity index (χ1v) is 11.4. The number of carbonyl (C=O) groups excluding carboxylic acids is 1. The fourth-order valence-electron chi connectivity index (χ4n) is 3.48. The Hall–Kier alpha value is -2.89. The molecule has 1 unspecified atom stereocenters. The van der Waals surface area contributed by atoms with Crippen molar-refractivity contribution < 1.29 is 23.1 Å². The fraction of sp³-hybridized carbons (Fsp3) is 0.263. The zero-order chi connectivity index (χ0) is 21.3. The van der Waals surface area contributed by atoms with Crippen LogP contribution in [0.25, 0.3) is 11.0 Å². The average molecular weight is 447 g/mol. The summed E-state index contributed by atoms with van der Waals surface area (Å²) in [6.45, 7) is 0.427. The predicted octanol–water partition coefficient (Wildman–Crippen LogP) is 1.86. The van der Waals surface area contributed by atoms with E-state index in [1.54, 1.807) is 24.3 Å². The minimum atomic E-state index is -3.92. The number of hydrogen-bond donors (Lipinski definition) is 2. The van der Waals surface area contributed by atoms with Gasteiger partial charge >= 0.3 is 5.97 Å². The Balaban J connectivity index is 1.50. The number of aromatic nitrogens is 2. The summed E-state index contributed by atoms with van der Waals surface area (Å²) >= 11 is 0.942. The molecule has 0 bridgehead atoms. The van der Waals surface area contributed by atoms with Crippen LogP contribution in [0.2, 0.25) is 0 Å². The Morgan fingerprint density at radius 3 is 2.67 bits per heavy atom. The van der Waals surface area contributed by atoms with Crippen molar-refractivity contribution in [3.8, 4) is 0 Å². The van der Waals surface area contributed by atoms with Crippen molar-refractivity contribution in [3.63, 3.8) is 0 Å². The molecule has 0 aliphatic carbocycles. The van der Waals surface area contributed by atoms with Gasteiger partial charge in [-0.05, 0) is 42.7 Å². The molecule has 2 N–H and O–H groups in total. The van der Waals surface area contributed by atoms with Gasteiger partial charge in [0, 0.05) is 13.1 Å². The van der Waals surface area contributed by atoms with Gasteiger partial charge in [0.15, 0.2) is 0 Å². The lowest BCUT2D eigenvalue weighted by atomic mass is 10.1. The zero-order valence-electron chi connectivity index (χ0n) is 15.7. The van der Waals surface area contributed by atoms with Crippen LogP contribution in [-0.4, -0.2) is 51.0 Å². The van der Waals surface area contributed by atoms with Crippen molar-refractivity contribution >= 4 is 44.7 Å². The second-order valence-corrected chi connectivity index (χ2v) is 9.27. The number of fused-ring (bicyclic) bond motifs is 1.